The quantitative estimate of drug-likeness (QED) is 0.0173. The zero-order chi connectivity index (χ0) is 50.6. The van der Waals surface area contributed by atoms with Gasteiger partial charge in [0.2, 0.25) is 17.7 Å². The topological polar surface area (TPSA) is 360 Å². The number of methoxy groups -OCH3 is 2. The first-order chi connectivity index (χ1) is 32.1. The van der Waals surface area contributed by atoms with Gasteiger partial charge in [0.05, 0.1) is 65.7 Å². The highest BCUT2D eigenvalue weighted by Crippen LogP contribution is 2.26. The summed E-state index contributed by atoms with van der Waals surface area (Å²) in [4.78, 5) is 113. The molecular formula is C39H71N11O17. The van der Waals surface area contributed by atoms with Gasteiger partial charge in [0.15, 0.2) is 6.61 Å². The number of carbonyl (C=O) groups is 9. The van der Waals surface area contributed by atoms with Crippen LogP contribution in [0.5, 0.6) is 0 Å². The number of oxime groups is 2. The van der Waals surface area contributed by atoms with Gasteiger partial charge >= 0.3 is 30.5 Å². The number of rotatable bonds is 33. The summed E-state index contributed by atoms with van der Waals surface area (Å²) < 4.78 is 29.5. The Morgan fingerprint density at radius 1 is 0.522 bits per heavy atom. The molecule has 0 saturated carbocycles. The van der Waals surface area contributed by atoms with Gasteiger partial charge in [0.1, 0.15) is 13.2 Å². The molecule has 0 heterocycles. The van der Waals surface area contributed by atoms with Crippen LogP contribution >= 0.6 is 0 Å². The third-order valence-electron chi connectivity index (χ3n) is 8.25. The highest BCUT2D eigenvalue weighted by atomic mass is 16.6. The van der Waals surface area contributed by atoms with Crippen molar-refractivity contribution in [2.75, 3.05) is 108 Å². The lowest BCUT2D eigenvalue weighted by molar-refractivity contribution is -0.128. The zero-order valence-electron chi connectivity index (χ0n) is 39.5. The molecule has 0 aromatic rings. The maximum atomic E-state index is 12.7. The normalized spacial score (nSPS) is 10.6. The summed E-state index contributed by atoms with van der Waals surface area (Å²) in [5.74, 6) is -1.17. The van der Waals surface area contributed by atoms with Gasteiger partial charge in [-0.1, -0.05) is 10.3 Å². The van der Waals surface area contributed by atoms with E-state index in [9.17, 15) is 43.2 Å². The zero-order valence-corrected chi connectivity index (χ0v) is 39.5. The predicted molar refractivity (Wildman–Crippen MR) is 239 cm³/mol. The van der Waals surface area contributed by atoms with Gasteiger partial charge in [-0.2, -0.15) is 0 Å². The molecule has 0 fully saturated rings. The number of ether oxygens (including phenoxy) is 6. The van der Waals surface area contributed by atoms with Gasteiger partial charge in [0, 0.05) is 60.2 Å². The van der Waals surface area contributed by atoms with Crippen LogP contribution in [0.4, 0.5) is 24.0 Å². The van der Waals surface area contributed by atoms with Crippen LogP contribution in [0.1, 0.15) is 65.2 Å². The van der Waals surface area contributed by atoms with E-state index in [-0.39, 0.29) is 70.4 Å². The largest absolute Gasteiger partial charge is 0.453 e. The van der Waals surface area contributed by atoms with Crippen LogP contribution in [0.2, 0.25) is 0 Å². The Bertz CT molecular complexity index is 1440. The number of carbonyl (C=O) groups excluding carboxylic acids is 9. The summed E-state index contributed by atoms with van der Waals surface area (Å²) in [7, 11) is 6.78. The molecule has 0 saturated heterocycles. The van der Waals surface area contributed by atoms with E-state index in [0.717, 1.165) is 0 Å². The van der Waals surface area contributed by atoms with Crippen LogP contribution in [0.15, 0.2) is 10.3 Å². The third-order valence-corrected chi connectivity index (χ3v) is 8.25. The SMILES string of the molecule is CNC(=O)OCCCC(CCCOC(=O)NC)(CCCOC(=O)NC)NC(=O)CO/N=C\CNC(C)=O.COC(=O)NCC(CNC(=O)OC)OCC(=O)NCCCCO/N=C/CNC(C)=O. The molecule has 0 rings (SSSR count). The molecular weight excluding hydrogens is 894 g/mol. The maximum Gasteiger partial charge on any atom is 0.406 e. The molecule has 0 aromatic carbocycles. The van der Waals surface area contributed by atoms with Gasteiger partial charge in [-0.05, 0) is 51.4 Å². The van der Waals surface area contributed by atoms with Crippen molar-refractivity contribution in [2.24, 2.45) is 10.3 Å². The second kappa shape index (κ2) is 41.8. The highest BCUT2D eigenvalue weighted by molar-refractivity contribution is 5.79. The van der Waals surface area contributed by atoms with Gasteiger partial charge in [0.25, 0.3) is 5.91 Å². The summed E-state index contributed by atoms with van der Waals surface area (Å²) >= 11 is 0. The molecule has 0 bridgehead atoms. The fourth-order valence-corrected chi connectivity index (χ4v) is 5.04. The van der Waals surface area contributed by atoms with Crippen LogP contribution in [0.25, 0.3) is 0 Å². The molecule has 0 aliphatic rings. The summed E-state index contributed by atoms with van der Waals surface area (Å²) in [6, 6.07) is 0. The minimum absolute atomic E-state index is 0.0315. The van der Waals surface area contributed by atoms with E-state index in [2.05, 4.69) is 67.6 Å². The molecule has 0 aliphatic carbocycles. The van der Waals surface area contributed by atoms with E-state index >= 15 is 0 Å². The Morgan fingerprint density at radius 3 is 1.39 bits per heavy atom. The smallest absolute Gasteiger partial charge is 0.406 e. The lowest BCUT2D eigenvalue weighted by atomic mass is 9.83. The lowest BCUT2D eigenvalue weighted by Crippen LogP contribution is -2.50. The Morgan fingerprint density at radius 2 is 0.970 bits per heavy atom. The van der Waals surface area contributed by atoms with Crippen molar-refractivity contribution < 1.29 is 81.2 Å². The average Bonchev–Trinajstić information content (AvgIpc) is 3.31. The molecule has 384 valence electrons. The lowest BCUT2D eigenvalue weighted by Gasteiger charge is -2.35. The van der Waals surface area contributed by atoms with Crippen LogP contribution in [0, 0.1) is 0 Å². The summed E-state index contributed by atoms with van der Waals surface area (Å²) in [5, 5.41) is 30.0. The molecule has 0 unspecified atom stereocenters. The molecule has 67 heavy (non-hydrogen) atoms. The number of nitrogens with zero attached hydrogens (tertiary/aromatic N) is 2. The molecule has 0 aliphatic heterocycles. The number of nitrogens with one attached hydrogen (secondary N) is 9. The Hall–Kier alpha value is -6.87. The second-order valence-electron chi connectivity index (χ2n) is 13.6. The first-order valence-corrected chi connectivity index (χ1v) is 21.2. The number of hydrogen-bond acceptors (Lipinski definition) is 19. The molecule has 9 amide bonds. The molecule has 0 atom stereocenters. The van der Waals surface area contributed by atoms with Crippen LogP contribution in [-0.2, 0) is 57.3 Å². The summed E-state index contributed by atoms with van der Waals surface area (Å²) in [6.07, 6.45) is 2.95. The van der Waals surface area contributed by atoms with Crippen LogP contribution < -0.4 is 47.9 Å². The molecule has 28 nitrogen and oxygen atoms in total. The molecule has 9 N–H and O–H groups in total. The second-order valence-corrected chi connectivity index (χ2v) is 13.6. The predicted octanol–water partition coefficient (Wildman–Crippen LogP) is -0.493. The van der Waals surface area contributed by atoms with Crippen molar-refractivity contribution in [1.82, 2.24) is 47.9 Å². The molecule has 0 radical (unpaired) electrons. The van der Waals surface area contributed by atoms with Crippen molar-refractivity contribution in [2.45, 2.75) is 76.9 Å². The van der Waals surface area contributed by atoms with E-state index in [4.69, 9.17) is 28.6 Å². The Labute approximate surface area is 390 Å². The van der Waals surface area contributed by atoms with E-state index in [1.165, 1.54) is 61.6 Å². The van der Waals surface area contributed by atoms with E-state index in [1.807, 2.05) is 0 Å². The monoisotopic (exact) mass is 966 g/mol. The first-order valence-electron chi connectivity index (χ1n) is 21.2. The van der Waals surface area contributed by atoms with E-state index in [1.54, 1.807) is 0 Å². The van der Waals surface area contributed by atoms with Crippen molar-refractivity contribution in [1.29, 1.82) is 0 Å². The van der Waals surface area contributed by atoms with Gasteiger partial charge in [-0.25, -0.2) is 24.0 Å². The Balaban J connectivity index is 0. The van der Waals surface area contributed by atoms with Crippen LogP contribution in [-0.4, -0.2) is 186 Å². The molecule has 0 spiro atoms. The van der Waals surface area contributed by atoms with E-state index < -0.39 is 48.0 Å². The van der Waals surface area contributed by atoms with Crippen LogP contribution in [0.3, 0.4) is 0 Å². The fourth-order valence-electron chi connectivity index (χ4n) is 5.04. The minimum Gasteiger partial charge on any atom is -0.453 e. The standard InChI is InChI=1S/C22H40N6O9.C17H31N5O8/c1-17(29)26-11-12-27-37-16-18(30)28-22(8-5-13-34-19(31)23-2,9-6-14-35-20(32)24-3)10-7-15-36-21(33)25-4;1-13(23)18-7-8-22-30-9-5-4-6-19-15(24)12-29-14(10-20-16(25)27-2)11-21-17(26)28-3/h12H,5-11,13-16H2,1-4H3,(H,23,31)(H,24,32)(H,25,33)(H,26,29)(H,28,30);8,14H,4-7,9-12H2,1-3H3,(H,18,23)(H,19,24)(H,20,25)(H,21,26)/b27-12-;22-8+. The third kappa shape index (κ3) is 40.4. The van der Waals surface area contributed by atoms with Crippen molar-refractivity contribution in [3.8, 4) is 0 Å². The fraction of sp³-hybridized carbons (Fsp3) is 0.718. The maximum absolute atomic E-state index is 12.7. The van der Waals surface area contributed by atoms with E-state index in [0.29, 0.717) is 71.1 Å². The van der Waals surface area contributed by atoms with Gasteiger partial charge < -0.3 is 85.9 Å². The average molecular weight is 966 g/mol. The molecule has 0 aromatic heterocycles. The van der Waals surface area contributed by atoms with Gasteiger partial charge in [-0.3, -0.25) is 19.2 Å². The first kappa shape index (κ1) is 62.2. The van der Waals surface area contributed by atoms with Gasteiger partial charge in [-0.15, -0.1) is 0 Å². The minimum atomic E-state index is -0.801. The van der Waals surface area contributed by atoms with Crippen molar-refractivity contribution in [3.63, 3.8) is 0 Å². The summed E-state index contributed by atoms with van der Waals surface area (Å²) in [5.41, 5.74) is -0.801. The number of amides is 9. The number of hydrogen-bond donors (Lipinski definition) is 9. The number of unbranched alkanes of at least 4 members (excludes halogenated alkanes) is 1. The summed E-state index contributed by atoms with van der Waals surface area (Å²) in [6.45, 7) is 3.81. The van der Waals surface area contributed by atoms with Crippen molar-refractivity contribution >= 4 is 66.5 Å². The Kier molecular flexibility index (Phi) is 38.8. The van der Waals surface area contributed by atoms with Crippen molar-refractivity contribution in [3.05, 3.63) is 0 Å². The highest BCUT2D eigenvalue weighted by Gasteiger charge is 2.31. The number of alkyl carbamates (subject to hydrolysis) is 5. The molecule has 28 heteroatoms.